The number of carbonyl (C=O) groups excluding carboxylic acids is 1. The number of aromatic nitrogens is 1. The Morgan fingerprint density at radius 1 is 1.15 bits per heavy atom. The Bertz CT molecular complexity index is 1020. The lowest BCUT2D eigenvalue weighted by Crippen LogP contribution is -2.16. The maximum atomic E-state index is 12.4. The van der Waals surface area contributed by atoms with Gasteiger partial charge >= 0.3 is 0 Å². The monoisotopic (exact) mass is 361 g/mol. The molecule has 1 amide bonds. The maximum Gasteiger partial charge on any atom is 0.234 e. The average molecular weight is 361 g/mol. The molecule has 0 spiro atoms. The molecule has 0 saturated carbocycles. The molecule has 3 rings (SSSR count). The van der Waals surface area contributed by atoms with Gasteiger partial charge in [0, 0.05) is 11.1 Å². The van der Waals surface area contributed by atoms with E-state index in [4.69, 9.17) is 0 Å². The van der Waals surface area contributed by atoms with Crippen LogP contribution in [0.3, 0.4) is 0 Å². The first-order valence-corrected chi connectivity index (χ1v) is 9.27. The number of aryl methyl sites for hydroxylation is 3. The van der Waals surface area contributed by atoms with Crippen molar-refractivity contribution in [1.29, 1.82) is 5.26 Å². The molecule has 1 N–H and O–H groups in total. The molecular weight excluding hydrogens is 342 g/mol. The van der Waals surface area contributed by atoms with Crippen LogP contribution in [0.15, 0.2) is 47.5 Å². The summed E-state index contributed by atoms with van der Waals surface area (Å²) in [6, 6.07) is 15.8. The lowest BCUT2D eigenvalue weighted by molar-refractivity contribution is -0.113. The first-order valence-electron chi connectivity index (χ1n) is 8.28. The Morgan fingerprint density at radius 3 is 2.58 bits per heavy atom. The lowest BCUT2D eigenvalue weighted by Gasteiger charge is -2.11. The molecule has 1 heterocycles. The Hall–Kier alpha value is -2.84. The number of pyridine rings is 1. The largest absolute Gasteiger partial charge is 0.325 e. The zero-order valence-corrected chi connectivity index (χ0v) is 15.8. The maximum absolute atomic E-state index is 12.4. The number of benzene rings is 2. The number of nitriles is 1. The first-order chi connectivity index (χ1) is 12.5. The zero-order chi connectivity index (χ0) is 18.7. The molecule has 3 aromatic rings. The van der Waals surface area contributed by atoms with Crippen molar-refractivity contribution in [2.75, 3.05) is 11.1 Å². The number of anilines is 1. The van der Waals surface area contributed by atoms with Crippen LogP contribution in [0.25, 0.3) is 10.9 Å². The van der Waals surface area contributed by atoms with Crippen molar-refractivity contribution < 1.29 is 4.79 Å². The summed E-state index contributed by atoms with van der Waals surface area (Å²) in [6.07, 6.45) is 0. The van der Waals surface area contributed by atoms with Crippen LogP contribution >= 0.6 is 11.8 Å². The Morgan fingerprint density at radius 2 is 1.88 bits per heavy atom. The van der Waals surface area contributed by atoms with Crippen molar-refractivity contribution in [3.05, 3.63) is 64.7 Å². The third-order valence-electron chi connectivity index (χ3n) is 4.14. The Kier molecular flexibility index (Phi) is 5.24. The van der Waals surface area contributed by atoms with E-state index in [9.17, 15) is 10.1 Å². The highest BCUT2D eigenvalue weighted by atomic mass is 32.2. The number of para-hydroxylation sites is 1. The van der Waals surface area contributed by atoms with Gasteiger partial charge in [0.15, 0.2) is 0 Å². The Balaban J connectivity index is 1.78. The fourth-order valence-corrected chi connectivity index (χ4v) is 3.53. The van der Waals surface area contributed by atoms with Crippen LogP contribution in [0.5, 0.6) is 0 Å². The number of carbonyl (C=O) groups is 1. The molecule has 0 saturated heterocycles. The number of hydrogen-bond acceptors (Lipinski definition) is 4. The van der Waals surface area contributed by atoms with Gasteiger partial charge in [0.25, 0.3) is 0 Å². The molecule has 0 unspecified atom stereocenters. The van der Waals surface area contributed by atoms with Crippen LogP contribution in [-0.4, -0.2) is 16.6 Å². The van der Waals surface area contributed by atoms with Crippen LogP contribution in [-0.2, 0) is 4.79 Å². The van der Waals surface area contributed by atoms with Crippen LogP contribution in [0.4, 0.5) is 5.69 Å². The normalized spacial score (nSPS) is 10.5. The van der Waals surface area contributed by atoms with Gasteiger partial charge in [-0.25, -0.2) is 4.98 Å². The molecule has 0 bridgehead atoms. The van der Waals surface area contributed by atoms with E-state index in [2.05, 4.69) is 16.4 Å². The summed E-state index contributed by atoms with van der Waals surface area (Å²) in [6.45, 7) is 5.94. The predicted molar refractivity (Wildman–Crippen MR) is 106 cm³/mol. The average Bonchev–Trinajstić information content (AvgIpc) is 2.62. The minimum Gasteiger partial charge on any atom is -0.325 e. The van der Waals surface area contributed by atoms with E-state index in [0.29, 0.717) is 10.6 Å². The number of amides is 1. The third kappa shape index (κ3) is 3.87. The summed E-state index contributed by atoms with van der Waals surface area (Å²) in [4.78, 5) is 16.9. The summed E-state index contributed by atoms with van der Waals surface area (Å²) in [5.74, 6) is 0.0923. The number of nitrogens with one attached hydrogen (secondary N) is 1. The number of nitrogens with zero attached hydrogens (tertiary/aromatic N) is 2. The molecule has 0 aliphatic rings. The minimum atomic E-state index is -0.109. The molecule has 0 radical (unpaired) electrons. The highest BCUT2D eigenvalue weighted by molar-refractivity contribution is 8.00. The van der Waals surface area contributed by atoms with Crippen LogP contribution in [0.2, 0.25) is 0 Å². The second-order valence-corrected chi connectivity index (χ2v) is 7.22. The second kappa shape index (κ2) is 7.59. The van der Waals surface area contributed by atoms with Gasteiger partial charge in [0.05, 0.1) is 16.8 Å². The van der Waals surface area contributed by atoms with Crippen molar-refractivity contribution in [1.82, 2.24) is 4.98 Å². The summed E-state index contributed by atoms with van der Waals surface area (Å²) in [5.41, 5.74) is 5.34. The van der Waals surface area contributed by atoms with E-state index in [0.717, 1.165) is 33.3 Å². The summed E-state index contributed by atoms with van der Waals surface area (Å²) >= 11 is 1.29. The van der Waals surface area contributed by atoms with E-state index in [1.165, 1.54) is 11.8 Å². The topological polar surface area (TPSA) is 65.8 Å². The van der Waals surface area contributed by atoms with E-state index in [1.807, 2.05) is 63.2 Å². The van der Waals surface area contributed by atoms with Crippen LogP contribution < -0.4 is 5.32 Å². The van der Waals surface area contributed by atoms with Crippen molar-refractivity contribution in [3.63, 3.8) is 0 Å². The molecule has 0 fully saturated rings. The summed E-state index contributed by atoms with van der Waals surface area (Å²) in [7, 11) is 0. The fraction of sp³-hybridized carbons (Fsp3) is 0.190. The molecule has 0 aliphatic heterocycles. The van der Waals surface area contributed by atoms with Crippen molar-refractivity contribution in [2.24, 2.45) is 0 Å². The highest BCUT2D eigenvalue weighted by Gasteiger charge is 2.12. The van der Waals surface area contributed by atoms with E-state index < -0.39 is 0 Å². The standard InChI is InChI=1S/C21H19N3OS/c1-13-7-8-16-10-17(11-22)21(23-18(16)9-13)26-12-19(25)24-20-14(2)5-4-6-15(20)3/h4-10H,12H2,1-3H3,(H,24,25). The van der Waals surface area contributed by atoms with Crippen molar-refractivity contribution >= 4 is 34.3 Å². The smallest absolute Gasteiger partial charge is 0.234 e. The summed E-state index contributed by atoms with van der Waals surface area (Å²) in [5, 5.41) is 13.9. The molecule has 5 heteroatoms. The molecule has 0 atom stereocenters. The van der Waals surface area contributed by atoms with Crippen LogP contribution in [0, 0.1) is 32.1 Å². The van der Waals surface area contributed by atoms with Gasteiger partial charge in [0.1, 0.15) is 11.1 Å². The first kappa shape index (κ1) is 18.0. The molecule has 0 aliphatic carbocycles. The number of rotatable bonds is 4. The van der Waals surface area contributed by atoms with Gasteiger partial charge in [-0.15, -0.1) is 0 Å². The molecule has 26 heavy (non-hydrogen) atoms. The molecule has 2 aromatic carbocycles. The van der Waals surface area contributed by atoms with Gasteiger partial charge in [-0.1, -0.05) is 42.1 Å². The number of hydrogen-bond donors (Lipinski definition) is 1. The van der Waals surface area contributed by atoms with Gasteiger partial charge in [-0.05, 0) is 49.6 Å². The predicted octanol–water partition coefficient (Wildman–Crippen LogP) is 4.76. The SMILES string of the molecule is Cc1ccc2cc(C#N)c(SCC(=O)Nc3c(C)cccc3C)nc2c1. The molecule has 1 aromatic heterocycles. The van der Waals surface area contributed by atoms with E-state index in [-0.39, 0.29) is 11.7 Å². The Labute approximate surface area is 157 Å². The van der Waals surface area contributed by atoms with Gasteiger partial charge < -0.3 is 5.32 Å². The van der Waals surface area contributed by atoms with E-state index in [1.54, 1.807) is 0 Å². The number of fused-ring (bicyclic) bond motifs is 1. The molecular formula is C21H19N3OS. The van der Waals surface area contributed by atoms with Gasteiger partial charge in [-0.2, -0.15) is 5.26 Å². The molecule has 4 nitrogen and oxygen atoms in total. The minimum absolute atomic E-state index is 0.109. The van der Waals surface area contributed by atoms with Gasteiger partial charge in [-0.3, -0.25) is 4.79 Å². The molecule has 130 valence electrons. The van der Waals surface area contributed by atoms with Gasteiger partial charge in [0.2, 0.25) is 5.91 Å². The van der Waals surface area contributed by atoms with Crippen molar-refractivity contribution in [3.8, 4) is 6.07 Å². The van der Waals surface area contributed by atoms with Crippen LogP contribution in [0.1, 0.15) is 22.3 Å². The van der Waals surface area contributed by atoms with E-state index >= 15 is 0 Å². The second-order valence-electron chi connectivity index (χ2n) is 6.25. The van der Waals surface area contributed by atoms with Crippen molar-refractivity contribution in [2.45, 2.75) is 25.8 Å². The number of thioether (sulfide) groups is 1. The lowest BCUT2D eigenvalue weighted by atomic mass is 10.1. The summed E-state index contributed by atoms with van der Waals surface area (Å²) < 4.78 is 0. The quantitative estimate of drug-likeness (QED) is 0.680. The highest BCUT2D eigenvalue weighted by Crippen LogP contribution is 2.26. The fourth-order valence-electron chi connectivity index (χ4n) is 2.77. The third-order valence-corrected chi connectivity index (χ3v) is 5.14. The zero-order valence-electron chi connectivity index (χ0n) is 15.0.